The van der Waals surface area contributed by atoms with Crippen molar-refractivity contribution in [2.24, 2.45) is 15.4 Å². The molecule has 0 saturated heterocycles. The predicted molar refractivity (Wildman–Crippen MR) is 67.4 cm³/mol. The van der Waals surface area contributed by atoms with Crippen LogP contribution in [-0.2, 0) is 0 Å². The van der Waals surface area contributed by atoms with Gasteiger partial charge in [-0.25, -0.2) is 0 Å². The maximum absolute atomic E-state index is 4.49. The van der Waals surface area contributed by atoms with Gasteiger partial charge in [0.2, 0.25) is 0 Å². The summed E-state index contributed by atoms with van der Waals surface area (Å²) in [5.74, 6) is 0. The molecule has 0 saturated carbocycles. The molecule has 2 nitrogen and oxygen atoms in total. The number of rotatable bonds is 2. The van der Waals surface area contributed by atoms with E-state index in [-0.39, 0.29) is 5.41 Å². The second kappa shape index (κ2) is 4.39. The summed E-state index contributed by atoms with van der Waals surface area (Å²) in [6.45, 7) is 11.8. The summed E-state index contributed by atoms with van der Waals surface area (Å²) in [6, 6.07) is 0. The van der Waals surface area contributed by atoms with Crippen molar-refractivity contribution >= 4 is 12.9 Å². The third kappa shape index (κ3) is 2.75. The number of hydrogen-bond acceptors (Lipinski definition) is 2. The Morgan fingerprint density at radius 1 is 1.53 bits per heavy atom. The predicted octanol–water partition coefficient (Wildman–Crippen LogP) is 3.53. The highest BCUT2D eigenvalue weighted by atomic mass is 14.8. The van der Waals surface area contributed by atoms with Crippen LogP contribution in [0.3, 0.4) is 0 Å². The van der Waals surface area contributed by atoms with Gasteiger partial charge in [-0.05, 0) is 32.2 Å². The number of aliphatic imine (C=N–C) groups is 2. The molecule has 0 aromatic rings. The molecule has 0 unspecified atom stereocenters. The molecule has 0 spiro atoms. The first-order valence-corrected chi connectivity index (χ1v) is 5.09. The molecule has 1 rings (SSSR count). The average molecular weight is 202 g/mol. The molecular weight excluding hydrogens is 184 g/mol. The van der Waals surface area contributed by atoms with Crippen molar-refractivity contribution in [1.82, 2.24) is 0 Å². The zero-order chi connectivity index (χ0) is 11.5. The summed E-state index contributed by atoms with van der Waals surface area (Å²) in [7, 11) is 0. The Morgan fingerprint density at radius 2 is 2.20 bits per heavy atom. The van der Waals surface area contributed by atoms with Gasteiger partial charge in [0, 0.05) is 11.6 Å². The second-order valence-electron chi connectivity index (χ2n) is 4.28. The fourth-order valence-corrected chi connectivity index (χ4v) is 1.28. The largest absolute Gasteiger partial charge is 0.262 e. The molecule has 0 aromatic heterocycles. The van der Waals surface area contributed by atoms with E-state index in [4.69, 9.17) is 0 Å². The lowest BCUT2D eigenvalue weighted by molar-refractivity contribution is 0.694. The topological polar surface area (TPSA) is 24.7 Å². The molecule has 0 N–H and O–H groups in total. The van der Waals surface area contributed by atoms with E-state index in [1.165, 1.54) is 0 Å². The minimum atomic E-state index is -0.0221. The van der Waals surface area contributed by atoms with E-state index in [1.807, 2.05) is 32.2 Å². The molecule has 1 heterocycles. The van der Waals surface area contributed by atoms with Crippen molar-refractivity contribution in [2.75, 3.05) is 0 Å². The zero-order valence-electron chi connectivity index (χ0n) is 9.91. The van der Waals surface area contributed by atoms with Gasteiger partial charge in [-0.15, -0.1) is 0 Å². The standard InChI is InChI=1S/C13H18N2/c1-6-10(2)12-11(14-5)7-8-13(3,4)9-15-12/h6-9H,5H2,1-4H3/b10-6-. The highest BCUT2D eigenvalue weighted by Crippen LogP contribution is 2.25. The van der Waals surface area contributed by atoms with Crippen LogP contribution < -0.4 is 0 Å². The van der Waals surface area contributed by atoms with E-state index < -0.39 is 0 Å². The average Bonchev–Trinajstić information content (AvgIpc) is 2.35. The molecule has 0 aromatic carbocycles. The maximum atomic E-state index is 4.49. The fraction of sp³-hybridized carbons (Fsp3) is 0.385. The number of nitrogens with zero attached hydrogens (tertiary/aromatic N) is 2. The van der Waals surface area contributed by atoms with Crippen LogP contribution in [0.1, 0.15) is 27.7 Å². The molecule has 1 aliphatic rings. The van der Waals surface area contributed by atoms with Crippen molar-refractivity contribution in [3.63, 3.8) is 0 Å². The third-order valence-electron chi connectivity index (χ3n) is 2.42. The summed E-state index contributed by atoms with van der Waals surface area (Å²) in [6.07, 6.45) is 8.06. The van der Waals surface area contributed by atoms with Gasteiger partial charge in [0.25, 0.3) is 0 Å². The molecule has 0 aliphatic carbocycles. The van der Waals surface area contributed by atoms with Gasteiger partial charge < -0.3 is 0 Å². The fourth-order valence-electron chi connectivity index (χ4n) is 1.28. The summed E-state index contributed by atoms with van der Waals surface area (Å²) in [4.78, 5) is 8.50. The van der Waals surface area contributed by atoms with Gasteiger partial charge in [-0.1, -0.05) is 26.0 Å². The van der Waals surface area contributed by atoms with E-state index in [2.05, 4.69) is 36.6 Å². The quantitative estimate of drug-likeness (QED) is 0.612. The molecule has 2 heteroatoms. The molecule has 80 valence electrons. The third-order valence-corrected chi connectivity index (χ3v) is 2.42. The summed E-state index contributed by atoms with van der Waals surface area (Å²) in [5.41, 5.74) is 2.85. The van der Waals surface area contributed by atoms with Gasteiger partial charge in [0.05, 0.1) is 11.4 Å². The SMILES string of the molecule is C=NC1=C(/C(C)=C\C)N=CC(C)(C)C=C1. The molecule has 15 heavy (non-hydrogen) atoms. The van der Waals surface area contributed by atoms with Gasteiger partial charge >= 0.3 is 0 Å². The van der Waals surface area contributed by atoms with Gasteiger partial charge in [0.1, 0.15) is 0 Å². The number of hydrogen-bond donors (Lipinski definition) is 0. The van der Waals surface area contributed by atoms with E-state index in [0.717, 1.165) is 17.0 Å². The van der Waals surface area contributed by atoms with Crippen LogP contribution in [0.5, 0.6) is 0 Å². The normalized spacial score (nSPS) is 20.4. The Morgan fingerprint density at radius 3 is 2.73 bits per heavy atom. The van der Waals surface area contributed by atoms with Crippen LogP contribution in [0.4, 0.5) is 0 Å². The van der Waals surface area contributed by atoms with Gasteiger partial charge in [0.15, 0.2) is 0 Å². The molecule has 1 aliphatic heterocycles. The first kappa shape index (κ1) is 11.6. The van der Waals surface area contributed by atoms with E-state index >= 15 is 0 Å². The van der Waals surface area contributed by atoms with Gasteiger partial charge in [-0.2, -0.15) is 0 Å². The van der Waals surface area contributed by atoms with Crippen LogP contribution in [0.25, 0.3) is 0 Å². The van der Waals surface area contributed by atoms with Crippen molar-refractivity contribution in [1.29, 1.82) is 0 Å². The lowest BCUT2D eigenvalue weighted by Gasteiger charge is -2.11. The van der Waals surface area contributed by atoms with Crippen molar-refractivity contribution in [3.05, 3.63) is 35.2 Å². The molecule has 0 atom stereocenters. The maximum Gasteiger partial charge on any atom is 0.0907 e. The Bertz CT molecular complexity index is 379. The van der Waals surface area contributed by atoms with E-state index in [1.54, 1.807) is 0 Å². The first-order chi connectivity index (χ1) is 7.00. The summed E-state index contributed by atoms with van der Waals surface area (Å²) >= 11 is 0. The molecular formula is C13H18N2. The monoisotopic (exact) mass is 202 g/mol. The lowest BCUT2D eigenvalue weighted by Crippen LogP contribution is -2.07. The van der Waals surface area contributed by atoms with Crippen LogP contribution in [-0.4, -0.2) is 12.9 Å². The van der Waals surface area contributed by atoms with Gasteiger partial charge in [-0.3, -0.25) is 9.98 Å². The van der Waals surface area contributed by atoms with Crippen LogP contribution >= 0.6 is 0 Å². The minimum absolute atomic E-state index is 0.0221. The van der Waals surface area contributed by atoms with Crippen molar-refractivity contribution in [2.45, 2.75) is 27.7 Å². The minimum Gasteiger partial charge on any atom is -0.262 e. The smallest absolute Gasteiger partial charge is 0.0907 e. The van der Waals surface area contributed by atoms with Crippen LogP contribution in [0, 0.1) is 5.41 Å². The van der Waals surface area contributed by atoms with Crippen molar-refractivity contribution in [3.8, 4) is 0 Å². The Labute approximate surface area is 91.8 Å². The molecule has 0 fully saturated rings. The molecule has 0 amide bonds. The Kier molecular flexibility index (Phi) is 3.40. The Balaban J connectivity index is 3.26. The summed E-state index contributed by atoms with van der Waals surface area (Å²) < 4.78 is 0. The lowest BCUT2D eigenvalue weighted by atomic mass is 9.95. The van der Waals surface area contributed by atoms with E-state index in [0.29, 0.717) is 0 Å². The molecule has 0 radical (unpaired) electrons. The highest BCUT2D eigenvalue weighted by molar-refractivity contribution is 5.71. The van der Waals surface area contributed by atoms with Crippen LogP contribution in [0.15, 0.2) is 45.2 Å². The highest BCUT2D eigenvalue weighted by Gasteiger charge is 2.15. The van der Waals surface area contributed by atoms with E-state index in [9.17, 15) is 0 Å². The van der Waals surface area contributed by atoms with Crippen LogP contribution in [0.2, 0.25) is 0 Å². The summed E-state index contributed by atoms with van der Waals surface area (Å²) in [5, 5.41) is 0. The zero-order valence-corrected chi connectivity index (χ0v) is 9.91. The second-order valence-corrected chi connectivity index (χ2v) is 4.28. The number of allylic oxidation sites excluding steroid dienone is 4. The Hall–Kier alpha value is -1.44. The first-order valence-electron chi connectivity index (χ1n) is 5.09. The molecule has 0 bridgehead atoms. The van der Waals surface area contributed by atoms with Crippen molar-refractivity contribution < 1.29 is 0 Å².